The first-order valence-corrected chi connectivity index (χ1v) is 4.26. The number of hydrogen-bond donors (Lipinski definition) is 3. The molecule has 0 aliphatic rings. The molecular formula is C10H12O5. The van der Waals surface area contributed by atoms with Gasteiger partial charge in [0.15, 0.2) is 6.10 Å². The molecule has 1 unspecified atom stereocenters. The van der Waals surface area contributed by atoms with Gasteiger partial charge < -0.3 is 20.1 Å². The van der Waals surface area contributed by atoms with E-state index in [0.29, 0.717) is 5.56 Å². The van der Waals surface area contributed by atoms with Gasteiger partial charge in [0.2, 0.25) is 0 Å². The Morgan fingerprint density at radius 1 is 1.47 bits per heavy atom. The van der Waals surface area contributed by atoms with E-state index in [1.807, 2.05) is 0 Å². The largest absolute Gasteiger partial charge is 0.507 e. The van der Waals surface area contributed by atoms with Crippen molar-refractivity contribution in [2.45, 2.75) is 13.0 Å². The molecule has 0 aliphatic carbocycles. The highest BCUT2D eigenvalue weighted by Crippen LogP contribution is 2.35. The Morgan fingerprint density at radius 3 is 2.53 bits per heavy atom. The average Bonchev–Trinajstić information content (AvgIpc) is 2.20. The number of phenolic OH excluding ortho intramolecular Hbond substituents is 1. The normalized spacial score (nSPS) is 12.2. The Balaban J connectivity index is 3.35. The lowest BCUT2D eigenvalue weighted by atomic mass is 10.0. The fourth-order valence-electron chi connectivity index (χ4n) is 1.26. The zero-order chi connectivity index (χ0) is 11.6. The molecule has 1 aromatic carbocycles. The predicted octanol–water partition coefficient (Wildman–Crippen LogP) is 0.827. The van der Waals surface area contributed by atoms with Gasteiger partial charge in [-0.3, -0.25) is 0 Å². The van der Waals surface area contributed by atoms with Crippen molar-refractivity contribution in [1.29, 1.82) is 0 Å². The number of aromatic hydroxyl groups is 1. The number of benzene rings is 1. The number of methoxy groups -OCH3 is 1. The lowest BCUT2D eigenvalue weighted by molar-refractivity contribution is -0.147. The van der Waals surface area contributed by atoms with Crippen LogP contribution in [-0.2, 0) is 4.79 Å². The summed E-state index contributed by atoms with van der Waals surface area (Å²) in [6.45, 7) is 1.60. The van der Waals surface area contributed by atoms with Crippen LogP contribution in [0.2, 0.25) is 0 Å². The third-order valence-electron chi connectivity index (χ3n) is 2.11. The number of carbonyl (C=O) groups is 1. The molecule has 3 N–H and O–H groups in total. The lowest BCUT2D eigenvalue weighted by Crippen LogP contribution is -2.12. The summed E-state index contributed by atoms with van der Waals surface area (Å²) in [7, 11) is 1.34. The van der Waals surface area contributed by atoms with Crippen LogP contribution in [-0.4, -0.2) is 28.4 Å². The minimum atomic E-state index is -1.79. The van der Waals surface area contributed by atoms with Crippen LogP contribution in [0.1, 0.15) is 17.2 Å². The lowest BCUT2D eigenvalue weighted by Gasteiger charge is -2.14. The van der Waals surface area contributed by atoms with Gasteiger partial charge in [0.1, 0.15) is 11.5 Å². The molecule has 1 aromatic rings. The maximum atomic E-state index is 10.6. The van der Waals surface area contributed by atoms with E-state index in [9.17, 15) is 15.0 Å². The van der Waals surface area contributed by atoms with Gasteiger partial charge in [-0.25, -0.2) is 4.79 Å². The van der Waals surface area contributed by atoms with Gasteiger partial charge in [-0.2, -0.15) is 0 Å². The van der Waals surface area contributed by atoms with Gasteiger partial charge in [0.25, 0.3) is 0 Å². The van der Waals surface area contributed by atoms with E-state index in [2.05, 4.69) is 0 Å². The summed E-state index contributed by atoms with van der Waals surface area (Å²) in [4.78, 5) is 10.6. The Bertz CT molecular complexity index is 386. The van der Waals surface area contributed by atoms with Gasteiger partial charge in [0.05, 0.1) is 12.7 Å². The zero-order valence-corrected chi connectivity index (χ0v) is 8.39. The summed E-state index contributed by atoms with van der Waals surface area (Å²) in [5.41, 5.74) is 0.358. The van der Waals surface area contributed by atoms with E-state index in [-0.39, 0.29) is 17.1 Å². The van der Waals surface area contributed by atoms with E-state index in [1.54, 1.807) is 13.0 Å². The number of carboxylic acid groups (broad SMARTS) is 1. The summed E-state index contributed by atoms with van der Waals surface area (Å²) in [5, 5.41) is 27.7. The van der Waals surface area contributed by atoms with Gasteiger partial charge in [0, 0.05) is 0 Å². The smallest absolute Gasteiger partial charge is 0.337 e. The van der Waals surface area contributed by atoms with E-state index in [4.69, 9.17) is 9.84 Å². The number of ether oxygens (including phenoxy) is 1. The summed E-state index contributed by atoms with van der Waals surface area (Å²) in [6, 6.07) is 3.07. The van der Waals surface area contributed by atoms with Gasteiger partial charge in [-0.05, 0) is 18.6 Å². The first kappa shape index (κ1) is 11.3. The van der Waals surface area contributed by atoms with Crippen LogP contribution < -0.4 is 4.74 Å². The van der Waals surface area contributed by atoms with Gasteiger partial charge in [-0.15, -0.1) is 0 Å². The van der Waals surface area contributed by atoms with E-state index in [0.717, 1.165) is 0 Å². The average molecular weight is 212 g/mol. The molecule has 0 aromatic heterocycles. The maximum Gasteiger partial charge on any atom is 0.337 e. The summed E-state index contributed by atoms with van der Waals surface area (Å²) >= 11 is 0. The topological polar surface area (TPSA) is 87.0 Å². The molecule has 0 saturated carbocycles. The molecule has 0 aliphatic heterocycles. The SMILES string of the molecule is COc1ccc(C)c(O)c1C(O)C(=O)O. The number of phenols is 1. The molecule has 0 spiro atoms. The second-order valence-electron chi connectivity index (χ2n) is 3.09. The van der Waals surface area contributed by atoms with Crippen LogP contribution in [0.4, 0.5) is 0 Å². The van der Waals surface area contributed by atoms with E-state index < -0.39 is 12.1 Å². The molecule has 5 nitrogen and oxygen atoms in total. The molecule has 0 fully saturated rings. The number of aliphatic hydroxyl groups is 1. The highest BCUT2D eigenvalue weighted by molar-refractivity contribution is 5.77. The molecule has 0 saturated heterocycles. The van der Waals surface area contributed by atoms with Crippen LogP contribution in [0.3, 0.4) is 0 Å². The Hall–Kier alpha value is -1.75. The van der Waals surface area contributed by atoms with Crippen molar-refractivity contribution in [2.24, 2.45) is 0 Å². The molecule has 1 atom stereocenters. The summed E-state index contributed by atoms with van der Waals surface area (Å²) < 4.78 is 4.87. The number of aryl methyl sites for hydroxylation is 1. The van der Waals surface area contributed by atoms with Crippen LogP contribution in [0.25, 0.3) is 0 Å². The molecule has 82 valence electrons. The van der Waals surface area contributed by atoms with Gasteiger partial charge in [-0.1, -0.05) is 6.07 Å². The van der Waals surface area contributed by atoms with Crippen LogP contribution in [0.15, 0.2) is 12.1 Å². The maximum absolute atomic E-state index is 10.6. The quantitative estimate of drug-likeness (QED) is 0.690. The Labute approximate surface area is 86.5 Å². The predicted molar refractivity (Wildman–Crippen MR) is 52.0 cm³/mol. The summed E-state index contributed by atoms with van der Waals surface area (Å²) in [5.74, 6) is -1.55. The molecule has 1 rings (SSSR count). The van der Waals surface area contributed by atoms with E-state index in [1.165, 1.54) is 13.2 Å². The minimum Gasteiger partial charge on any atom is -0.507 e. The molecule has 15 heavy (non-hydrogen) atoms. The van der Waals surface area contributed by atoms with Crippen molar-refractivity contribution >= 4 is 5.97 Å². The summed E-state index contributed by atoms with van der Waals surface area (Å²) in [6.07, 6.45) is -1.79. The van der Waals surface area contributed by atoms with Crippen molar-refractivity contribution in [3.63, 3.8) is 0 Å². The van der Waals surface area contributed by atoms with Crippen molar-refractivity contribution in [1.82, 2.24) is 0 Å². The third-order valence-corrected chi connectivity index (χ3v) is 2.11. The number of hydrogen-bond acceptors (Lipinski definition) is 4. The minimum absolute atomic E-state index is 0.120. The Morgan fingerprint density at radius 2 is 2.07 bits per heavy atom. The number of aliphatic hydroxyl groups excluding tert-OH is 1. The fraction of sp³-hybridized carbons (Fsp3) is 0.300. The number of carboxylic acids is 1. The standard InChI is InChI=1S/C10H12O5/c1-5-3-4-6(15-2)7(8(5)11)9(12)10(13)14/h3-4,9,11-12H,1-2H3,(H,13,14). The monoisotopic (exact) mass is 212 g/mol. The van der Waals surface area contributed by atoms with Crippen LogP contribution in [0.5, 0.6) is 11.5 Å². The fourth-order valence-corrected chi connectivity index (χ4v) is 1.26. The van der Waals surface area contributed by atoms with Crippen LogP contribution in [0, 0.1) is 6.92 Å². The zero-order valence-electron chi connectivity index (χ0n) is 8.39. The molecule has 0 amide bonds. The molecular weight excluding hydrogens is 200 g/mol. The van der Waals surface area contributed by atoms with Gasteiger partial charge >= 0.3 is 5.97 Å². The number of aliphatic carboxylic acids is 1. The Kier molecular flexibility index (Phi) is 3.16. The highest BCUT2D eigenvalue weighted by Gasteiger charge is 2.25. The van der Waals surface area contributed by atoms with Crippen LogP contribution >= 0.6 is 0 Å². The molecule has 0 radical (unpaired) electrons. The van der Waals surface area contributed by atoms with Crippen molar-refractivity contribution in [3.05, 3.63) is 23.3 Å². The highest BCUT2D eigenvalue weighted by atomic mass is 16.5. The van der Waals surface area contributed by atoms with E-state index >= 15 is 0 Å². The first-order valence-electron chi connectivity index (χ1n) is 4.26. The molecule has 5 heteroatoms. The second kappa shape index (κ2) is 4.18. The van der Waals surface area contributed by atoms with Crippen molar-refractivity contribution in [2.75, 3.05) is 7.11 Å². The van der Waals surface area contributed by atoms with Crippen molar-refractivity contribution in [3.8, 4) is 11.5 Å². The number of rotatable bonds is 3. The molecule has 0 heterocycles. The second-order valence-corrected chi connectivity index (χ2v) is 3.09. The molecule has 0 bridgehead atoms. The van der Waals surface area contributed by atoms with Crippen molar-refractivity contribution < 1.29 is 24.9 Å². The first-order chi connectivity index (χ1) is 6.99. The third kappa shape index (κ3) is 2.02.